The highest BCUT2D eigenvalue weighted by atomic mass is 16.5. The van der Waals surface area contributed by atoms with Crippen LogP contribution in [0.1, 0.15) is 36.6 Å². The molecule has 0 atom stereocenters. The van der Waals surface area contributed by atoms with Gasteiger partial charge < -0.3 is 9.30 Å². The summed E-state index contributed by atoms with van der Waals surface area (Å²) in [6.07, 6.45) is 4.38. The molecule has 2 aromatic heterocycles. The zero-order valence-corrected chi connectivity index (χ0v) is 11.2. The van der Waals surface area contributed by atoms with Crippen LogP contribution in [-0.4, -0.2) is 31.9 Å². The Morgan fingerprint density at radius 3 is 3.00 bits per heavy atom. The Morgan fingerprint density at radius 1 is 1.42 bits per heavy atom. The van der Waals surface area contributed by atoms with E-state index in [4.69, 9.17) is 4.74 Å². The fourth-order valence-corrected chi connectivity index (χ4v) is 1.90. The average Bonchev–Trinajstić information content (AvgIpc) is 3.01. The van der Waals surface area contributed by atoms with Gasteiger partial charge in [0.25, 0.3) is 0 Å². The normalized spacial score (nSPS) is 10.6. The van der Waals surface area contributed by atoms with Gasteiger partial charge in [-0.25, -0.2) is 14.5 Å². The van der Waals surface area contributed by atoms with E-state index in [1.807, 2.05) is 21.5 Å². The molecule has 102 valence electrons. The molecule has 6 nitrogen and oxygen atoms in total. The van der Waals surface area contributed by atoms with Crippen molar-refractivity contribution in [2.75, 3.05) is 6.61 Å². The highest BCUT2D eigenvalue weighted by Crippen LogP contribution is 2.08. The minimum absolute atomic E-state index is 0.311. The molecule has 0 aliphatic rings. The molecule has 0 bridgehead atoms. The molecule has 0 aliphatic heterocycles. The third-order valence-electron chi connectivity index (χ3n) is 2.76. The van der Waals surface area contributed by atoms with Gasteiger partial charge in [-0.15, -0.1) is 0 Å². The highest BCUT2D eigenvalue weighted by molar-refractivity contribution is 5.87. The quantitative estimate of drug-likeness (QED) is 0.744. The summed E-state index contributed by atoms with van der Waals surface area (Å²) in [5.41, 5.74) is 0.535. The number of nitrogens with zero attached hydrogens (tertiary/aromatic N) is 4. The molecule has 0 unspecified atom stereocenters. The molecule has 0 saturated carbocycles. The van der Waals surface area contributed by atoms with Gasteiger partial charge in [-0.1, -0.05) is 6.92 Å². The largest absolute Gasteiger partial charge is 0.461 e. The molecule has 0 aliphatic carbocycles. The van der Waals surface area contributed by atoms with E-state index in [2.05, 4.69) is 17.0 Å². The lowest BCUT2D eigenvalue weighted by Crippen LogP contribution is -2.15. The molecule has 0 radical (unpaired) electrons. The lowest BCUT2D eigenvalue weighted by Gasteiger charge is -2.09. The van der Waals surface area contributed by atoms with Gasteiger partial charge in [0, 0.05) is 12.7 Å². The molecule has 19 heavy (non-hydrogen) atoms. The maximum absolute atomic E-state index is 11.8. The first kappa shape index (κ1) is 13.3. The molecule has 0 amide bonds. The molecule has 6 heteroatoms. The summed E-state index contributed by atoms with van der Waals surface area (Å²) in [7, 11) is 0. The number of aryl methyl sites for hydroxylation is 1. The molecule has 0 N–H and O–H groups in total. The average molecular weight is 262 g/mol. The van der Waals surface area contributed by atoms with Gasteiger partial charge in [-0.3, -0.25) is 0 Å². The van der Waals surface area contributed by atoms with Crippen molar-refractivity contribution in [2.24, 2.45) is 0 Å². The number of hydrogen-bond acceptors (Lipinski definition) is 4. The Bertz CT molecular complexity index is 544. The second-order valence-corrected chi connectivity index (χ2v) is 4.14. The molecule has 2 rings (SSSR count). The van der Waals surface area contributed by atoms with Crippen molar-refractivity contribution in [2.45, 2.75) is 33.4 Å². The zero-order chi connectivity index (χ0) is 13.7. The van der Waals surface area contributed by atoms with Crippen LogP contribution in [0.5, 0.6) is 0 Å². The monoisotopic (exact) mass is 262 g/mol. The third kappa shape index (κ3) is 3.01. The molecule has 2 heterocycles. The second-order valence-electron chi connectivity index (χ2n) is 4.14. The number of aromatic nitrogens is 4. The first-order chi connectivity index (χ1) is 9.26. The van der Waals surface area contributed by atoms with E-state index in [-0.39, 0.29) is 5.97 Å². The maximum atomic E-state index is 11.8. The van der Waals surface area contributed by atoms with Crippen molar-refractivity contribution in [3.8, 4) is 0 Å². The predicted molar refractivity (Wildman–Crippen MR) is 69.8 cm³/mol. The van der Waals surface area contributed by atoms with Gasteiger partial charge in [-0.05, 0) is 25.5 Å². The number of carbonyl (C=O) groups is 1. The zero-order valence-electron chi connectivity index (χ0n) is 11.2. The summed E-state index contributed by atoms with van der Waals surface area (Å²) >= 11 is 0. The van der Waals surface area contributed by atoms with Crippen LogP contribution < -0.4 is 0 Å². The van der Waals surface area contributed by atoms with Gasteiger partial charge >= 0.3 is 5.97 Å². The van der Waals surface area contributed by atoms with Gasteiger partial charge in [0.2, 0.25) is 0 Å². The van der Waals surface area contributed by atoms with Crippen LogP contribution in [0.2, 0.25) is 0 Å². The topological polar surface area (TPSA) is 61.9 Å². The second kappa shape index (κ2) is 6.17. The molecule has 2 aromatic rings. The van der Waals surface area contributed by atoms with E-state index in [1.54, 1.807) is 19.3 Å². The van der Waals surface area contributed by atoms with Gasteiger partial charge in [0.15, 0.2) is 0 Å². The summed E-state index contributed by atoms with van der Waals surface area (Å²) in [6, 6.07) is 3.57. The lowest BCUT2D eigenvalue weighted by atomic mass is 10.4. The Kier molecular flexibility index (Phi) is 4.33. The molecule has 0 fully saturated rings. The van der Waals surface area contributed by atoms with Gasteiger partial charge in [0.1, 0.15) is 17.8 Å². The number of hydrogen-bond donors (Lipinski definition) is 0. The van der Waals surface area contributed by atoms with E-state index in [1.165, 1.54) is 0 Å². The van der Waals surface area contributed by atoms with Crippen LogP contribution in [0.3, 0.4) is 0 Å². The Balaban J connectivity index is 2.17. The summed E-state index contributed by atoms with van der Waals surface area (Å²) in [4.78, 5) is 16.0. The lowest BCUT2D eigenvalue weighted by molar-refractivity contribution is 0.0514. The smallest absolute Gasteiger partial charge is 0.354 e. The van der Waals surface area contributed by atoms with Crippen LogP contribution in [0, 0.1) is 0 Å². The first-order valence-corrected chi connectivity index (χ1v) is 6.45. The molecule has 0 saturated heterocycles. The Labute approximate surface area is 112 Å². The van der Waals surface area contributed by atoms with E-state index >= 15 is 0 Å². The standard InChI is InChI=1S/C13H18N4O2/c1-3-7-17-12(14-10-15-17)9-16-8-5-6-11(16)13(18)19-4-2/h5-6,8,10H,3-4,7,9H2,1-2H3. The van der Waals surface area contributed by atoms with E-state index in [0.717, 1.165) is 18.8 Å². The number of carbonyl (C=O) groups excluding carboxylic acids is 1. The van der Waals surface area contributed by atoms with Crippen LogP contribution in [0.4, 0.5) is 0 Å². The van der Waals surface area contributed by atoms with Crippen molar-refractivity contribution in [1.82, 2.24) is 19.3 Å². The fourth-order valence-electron chi connectivity index (χ4n) is 1.90. The highest BCUT2D eigenvalue weighted by Gasteiger charge is 2.13. The maximum Gasteiger partial charge on any atom is 0.354 e. The minimum Gasteiger partial charge on any atom is -0.461 e. The summed E-state index contributed by atoms with van der Waals surface area (Å²) in [5.74, 6) is 0.526. The Morgan fingerprint density at radius 2 is 2.26 bits per heavy atom. The van der Waals surface area contributed by atoms with E-state index in [9.17, 15) is 4.79 Å². The van der Waals surface area contributed by atoms with Crippen molar-refractivity contribution in [3.63, 3.8) is 0 Å². The fraction of sp³-hybridized carbons (Fsp3) is 0.462. The third-order valence-corrected chi connectivity index (χ3v) is 2.76. The van der Waals surface area contributed by atoms with Crippen molar-refractivity contribution < 1.29 is 9.53 Å². The van der Waals surface area contributed by atoms with E-state index in [0.29, 0.717) is 18.8 Å². The molecule has 0 aromatic carbocycles. The van der Waals surface area contributed by atoms with Crippen molar-refractivity contribution in [1.29, 1.82) is 0 Å². The van der Waals surface area contributed by atoms with Gasteiger partial charge in [-0.2, -0.15) is 5.10 Å². The SMILES string of the molecule is CCCn1ncnc1Cn1cccc1C(=O)OCC. The van der Waals surface area contributed by atoms with Crippen LogP contribution in [-0.2, 0) is 17.8 Å². The minimum atomic E-state index is -0.311. The Hall–Kier alpha value is -2.11. The van der Waals surface area contributed by atoms with Crippen LogP contribution in [0.15, 0.2) is 24.7 Å². The number of esters is 1. The molecular formula is C13H18N4O2. The number of ether oxygens (including phenoxy) is 1. The van der Waals surface area contributed by atoms with Crippen molar-refractivity contribution >= 4 is 5.97 Å². The van der Waals surface area contributed by atoms with Crippen molar-refractivity contribution in [3.05, 3.63) is 36.2 Å². The van der Waals surface area contributed by atoms with Crippen LogP contribution in [0.25, 0.3) is 0 Å². The summed E-state index contributed by atoms with van der Waals surface area (Å²) in [6.45, 7) is 5.59. The van der Waals surface area contributed by atoms with Crippen LogP contribution >= 0.6 is 0 Å². The first-order valence-electron chi connectivity index (χ1n) is 6.45. The molecular weight excluding hydrogens is 244 g/mol. The predicted octanol–water partition coefficient (Wildman–Crippen LogP) is 1.71. The van der Waals surface area contributed by atoms with E-state index < -0.39 is 0 Å². The molecule has 0 spiro atoms. The summed E-state index contributed by atoms with van der Waals surface area (Å²) in [5, 5.41) is 4.17. The number of rotatable bonds is 6. The van der Waals surface area contributed by atoms with Gasteiger partial charge in [0.05, 0.1) is 13.2 Å². The summed E-state index contributed by atoms with van der Waals surface area (Å²) < 4.78 is 8.70.